The molecule has 9 heteroatoms. The highest BCUT2D eigenvalue weighted by Crippen LogP contribution is 2.28. The number of urea groups is 1. The number of thiophene rings is 1. The highest BCUT2D eigenvalue weighted by Gasteiger charge is 2.25. The van der Waals surface area contributed by atoms with Gasteiger partial charge >= 0.3 is 6.03 Å². The smallest absolute Gasteiger partial charge is 0.319 e. The van der Waals surface area contributed by atoms with Gasteiger partial charge in [0.2, 0.25) is 0 Å². The summed E-state index contributed by atoms with van der Waals surface area (Å²) in [5.41, 5.74) is 7.20. The molecule has 1 aromatic carbocycles. The second-order valence-corrected chi connectivity index (χ2v) is 7.93. The zero-order valence-corrected chi connectivity index (χ0v) is 16.5. The summed E-state index contributed by atoms with van der Waals surface area (Å²) in [5.74, 6) is 0.162. The maximum Gasteiger partial charge on any atom is 0.319 e. The second kappa shape index (κ2) is 8.44. The van der Waals surface area contributed by atoms with Gasteiger partial charge in [0.05, 0.1) is 10.9 Å². The first kappa shape index (κ1) is 19.1. The van der Waals surface area contributed by atoms with Crippen LogP contribution in [0.5, 0.6) is 0 Å². The van der Waals surface area contributed by atoms with E-state index in [-0.39, 0.29) is 24.0 Å². The van der Waals surface area contributed by atoms with E-state index in [2.05, 4.69) is 25.9 Å². The number of benzene rings is 1. The maximum atomic E-state index is 12.7. The maximum absolute atomic E-state index is 12.7. The molecule has 0 unspecified atom stereocenters. The number of carbonyl (C=O) groups is 2. The first-order valence-electron chi connectivity index (χ1n) is 9.51. The molecule has 0 bridgehead atoms. The Labute approximate surface area is 171 Å². The van der Waals surface area contributed by atoms with Crippen LogP contribution in [0, 0.1) is 0 Å². The lowest BCUT2D eigenvalue weighted by Crippen LogP contribution is -2.44. The summed E-state index contributed by atoms with van der Waals surface area (Å²) in [6, 6.07) is 9.30. The van der Waals surface area contributed by atoms with Gasteiger partial charge in [-0.15, -0.1) is 11.3 Å². The topological polar surface area (TPSA) is 122 Å². The van der Waals surface area contributed by atoms with Gasteiger partial charge < -0.3 is 21.7 Å². The number of nitrogens with one attached hydrogen (secondary N) is 3. The number of carbonyl (C=O) groups excluding carboxylic acids is 2. The fourth-order valence-electron chi connectivity index (χ4n) is 3.58. The third kappa shape index (κ3) is 4.45. The Morgan fingerprint density at radius 1 is 1.00 bits per heavy atom. The summed E-state index contributed by atoms with van der Waals surface area (Å²) in [5, 5.41) is 11.3. The molecular weight excluding hydrogens is 388 g/mol. The molecule has 29 heavy (non-hydrogen) atoms. The number of rotatable bonds is 4. The van der Waals surface area contributed by atoms with Gasteiger partial charge in [0.25, 0.3) is 5.91 Å². The normalized spacial score (nSPS) is 18.9. The second-order valence-electron chi connectivity index (χ2n) is 7.07. The van der Waals surface area contributed by atoms with Gasteiger partial charge in [0.1, 0.15) is 17.0 Å². The molecule has 8 nitrogen and oxygen atoms in total. The van der Waals surface area contributed by atoms with Crippen molar-refractivity contribution in [1.29, 1.82) is 0 Å². The molecule has 3 amide bonds. The van der Waals surface area contributed by atoms with Gasteiger partial charge in [0.15, 0.2) is 0 Å². The average molecular weight is 411 g/mol. The lowest BCUT2D eigenvalue weighted by molar-refractivity contribution is 0.0926. The molecule has 0 spiro atoms. The number of hydrogen-bond donors (Lipinski definition) is 4. The zero-order valence-electron chi connectivity index (χ0n) is 15.7. The molecule has 5 N–H and O–H groups in total. The molecule has 3 aromatic rings. The number of amides is 3. The van der Waals surface area contributed by atoms with E-state index in [0.717, 1.165) is 31.4 Å². The first-order chi connectivity index (χ1) is 14.1. The van der Waals surface area contributed by atoms with Crippen LogP contribution in [-0.2, 0) is 0 Å². The first-order valence-corrected chi connectivity index (χ1v) is 10.4. The Hall–Kier alpha value is -3.20. The van der Waals surface area contributed by atoms with Crippen LogP contribution in [0.4, 0.5) is 16.3 Å². The van der Waals surface area contributed by atoms with E-state index < -0.39 is 0 Å². The lowest BCUT2D eigenvalue weighted by Gasteiger charge is -2.29. The molecule has 2 heterocycles. The Bertz CT molecular complexity index is 1010. The van der Waals surface area contributed by atoms with Crippen LogP contribution in [0.25, 0.3) is 10.2 Å². The largest absolute Gasteiger partial charge is 0.383 e. The van der Waals surface area contributed by atoms with Crippen molar-refractivity contribution in [1.82, 2.24) is 20.6 Å². The Morgan fingerprint density at radius 3 is 2.41 bits per heavy atom. The number of para-hydroxylation sites is 1. The van der Waals surface area contributed by atoms with Crippen molar-refractivity contribution in [2.24, 2.45) is 0 Å². The lowest BCUT2D eigenvalue weighted by atomic mass is 9.91. The number of anilines is 2. The summed E-state index contributed by atoms with van der Waals surface area (Å²) in [6.07, 6.45) is 4.62. The van der Waals surface area contributed by atoms with Crippen molar-refractivity contribution in [2.75, 3.05) is 11.1 Å². The van der Waals surface area contributed by atoms with Crippen molar-refractivity contribution >= 4 is 45.0 Å². The minimum absolute atomic E-state index is 0.0681. The molecule has 0 saturated heterocycles. The van der Waals surface area contributed by atoms with E-state index in [4.69, 9.17) is 5.73 Å². The molecule has 1 aliphatic carbocycles. The third-order valence-corrected chi connectivity index (χ3v) is 5.96. The van der Waals surface area contributed by atoms with Crippen LogP contribution in [0.1, 0.15) is 36.0 Å². The van der Waals surface area contributed by atoms with E-state index in [1.54, 1.807) is 5.38 Å². The quantitative estimate of drug-likeness (QED) is 0.526. The van der Waals surface area contributed by atoms with Gasteiger partial charge in [-0.3, -0.25) is 4.79 Å². The van der Waals surface area contributed by atoms with Crippen LogP contribution in [0.3, 0.4) is 0 Å². The van der Waals surface area contributed by atoms with Crippen molar-refractivity contribution in [3.8, 4) is 0 Å². The Kier molecular flexibility index (Phi) is 5.57. The molecule has 0 radical (unpaired) electrons. The average Bonchev–Trinajstić information content (AvgIpc) is 3.16. The van der Waals surface area contributed by atoms with Crippen LogP contribution in [0.2, 0.25) is 0 Å². The summed E-state index contributed by atoms with van der Waals surface area (Å²) in [7, 11) is 0. The standard InChI is InChI=1S/C20H22N6O2S/c21-17-16-15(10-29-19(16)23-11-22-17)18(27)24-13-6-8-14(9-7-13)26-20(28)25-12-4-2-1-3-5-12/h1-5,10-11,13-14H,6-9H2,(H,24,27)(H2,21,22,23)(H2,25,26,28). The van der Waals surface area contributed by atoms with E-state index >= 15 is 0 Å². The molecule has 4 rings (SSSR count). The molecular formula is C20H22N6O2S. The molecule has 1 saturated carbocycles. The highest BCUT2D eigenvalue weighted by molar-refractivity contribution is 7.17. The number of hydrogen-bond acceptors (Lipinski definition) is 6. The Morgan fingerprint density at radius 2 is 1.69 bits per heavy atom. The van der Waals surface area contributed by atoms with E-state index in [9.17, 15) is 9.59 Å². The number of fused-ring (bicyclic) bond motifs is 1. The predicted octanol–water partition coefficient (Wildman–Crippen LogP) is 3.14. The minimum atomic E-state index is -0.205. The number of nitrogens with zero attached hydrogens (tertiary/aromatic N) is 2. The number of aromatic nitrogens is 2. The summed E-state index contributed by atoms with van der Waals surface area (Å²) in [4.78, 5) is 33.7. The van der Waals surface area contributed by atoms with Crippen LogP contribution in [0.15, 0.2) is 42.0 Å². The summed E-state index contributed by atoms with van der Waals surface area (Å²) in [6.45, 7) is 0. The molecule has 0 aliphatic heterocycles. The molecule has 1 fully saturated rings. The third-order valence-electron chi connectivity index (χ3n) is 5.07. The molecule has 150 valence electrons. The monoisotopic (exact) mass is 410 g/mol. The van der Waals surface area contributed by atoms with Crippen LogP contribution < -0.4 is 21.7 Å². The van der Waals surface area contributed by atoms with E-state index in [1.807, 2.05) is 30.3 Å². The summed E-state index contributed by atoms with van der Waals surface area (Å²) < 4.78 is 0. The van der Waals surface area contributed by atoms with E-state index in [1.165, 1.54) is 17.7 Å². The number of nitrogen functional groups attached to an aromatic ring is 1. The van der Waals surface area contributed by atoms with Gasteiger partial charge in [-0.1, -0.05) is 18.2 Å². The van der Waals surface area contributed by atoms with Crippen LogP contribution in [-0.4, -0.2) is 34.0 Å². The van der Waals surface area contributed by atoms with Gasteiger partial charge in [-0.05, 0) is 37.8 Å². The van der Waals surface area contributed by atoms with Crippen molar-refractivity contribution in [3.05, 3.63) is 47.6 Å². The fourth-order valence-corrected chi connectivity index (χ4v) is 4.48. The Balaban J connectivity index is 1.28. The van der Waals surface area contributed by atoms with Crippen molar-refractivity contribution in [3.63, 3.8) is 0 Å². The molecule has 1 aliphatic rings. The zero-order chi connectivity index (χ0) is 20.2. The number of nitrogens with two attached hydrogens (primary N) is 1. The van der Waals surface area contributed by atoms with E-state index in [0.29, 0.717) is 21.6 Å². The summed E-state index contributed by atoms with van der Waals surface area (Å²) >= 11 is 1.38. The van der Waals surface area contributed by atoms with Crippen molar-refractivity contribution in [2.45, 2.75) is 37.8 Å². The SMILES string of the molecule is Nc1ncnc2scc(C(=O)NC3CCC(NC(=O)Nc4ccccc4)CC3)c12. The van der Waals surface area contributed by atoms with Crippen LogP contribution >= 0.6 is 11.3 Å². The van der Waals surface area contributed by atoms with Gasteiger partial charge in [-0.25, -0.2) is 14.8 Å². The molecule has 2 aromatic heterocycles. The highest BCUT2D eigenvalue weighted by atomic mass is 32.1. The minimum Gasteiger partial charge on any atom is -0.383 e. The predicted molar refractivity (Wildman–Crippen MR) is 114 cm³/mol. The van der Waals surface area contributed by atoms with Gasteiger partial charge in [0, 0.05) is 23.2 Å². The fraction of sp³-hybridized carbons (Fsp3) is 0.300. The molecule has 0 atom stereocenters. The van der Waals surface area contributed by atoms with Gasteiger partial charge in [-0.2, -0.15) is 0 Å². The van der Waals surface area contributed by atoms with Crippen molar-refractivity contribution < 1.29 is 9.59 Å².